The molecule has 0 radical (unpaired) electrons. The number of furan rings is 1. The number of rotatable bonds is 7. The van der Waals surface area contributed by atoms with Crippen LogP contribution in [0.2, 0.25) is 0 Å². The van der Waals surface area contributed by atoms with E-state index in [9.17, 15) is 8.42 Å². The van der Waals surface area contributed by atoms with E-state index >= 15 is 0 Å². The maximum Gasteiger partial charge on any atom is 0.244 e. The zero-order chi connectivity index (χ0) is 19.6. The molecule has 0 fully saturated rings. The topological polar surface area (TPSA) is 94.6 Å². The van der Waals surface area contributed by atoms with Gasteiger partial charge in [-0.2, -0.15) is 0 Å². The lowest BCUT2D eigenvalue weighted by Gasteiger charge is -2.16. The third kappa shape index (κ3) is 4.06. The summed E-state index contributed by atoms with van der Waals surface area (Å²) in [5.74, 6) is 1.50. The van der Waals surface area contributed by atoms with E-state index in [4.69, 9.17) is 13.7 Å². The van der Waals surface area contributed by atoms with Crippen molar-refractivity contribution in [2.45, 2.75) is 38.1 Å². The lowest BCUT2D eigenvalue weighted by atomic mass is 10.1. The van der Waals surface area contributed by atoms with Gasteiger partial charge in [0.25, 0.3) is 0 Å². The standard InChI is InChI=1S/C19H22N2O5S/c1-12(10-16-6-5-9-25-16)21-27(22,23)18-11-15(7-8-17(18)24-4)19-13(2)14(3)20-26-19/h5-9,11-12,21H,10H2,1-4H3. The summed E-state index contributed by atoms with van der Waals surface area (Å²) in [4.78, 5) is 0.0437. The van der Waals surface area contributed by atoms with Gasteiger partial charge in [-0.3, -0.25) is 0 Å². The number of ether oxygens (including phenoxy) is 1. The Labute approximate surface area is 158 Å². The molecule has 27 heavy (non-hydrogen) atoms. The average Bonchev–Trinajstić information content (AvgIpc) is 3.24. The maximum atomic E-state index is 13.0. The molecule has 0 saturated heterocycles. The first kappa shape index (κ1) is 19.2. The van der Waals surface area contributed by atoms with Crippen LogP contribution in [0.1, 0.15) is 23.9 Å². The van der Waals surface area contributed by atoms with Crippen LogP contribution in [0.5, 0.6) is 5.75 Å². The molecule has 8 heteroatoms. The first-order valence-corrected chi connectivity index (χ1v) is 9.96. The van der Waals surface area contributed by atoms with Gasteiger partial charge in [-0.15, -0.1) is 0 Å². The van der Waals surface area contributed by atoms with E-state index in [0.717, 1.165) is 11.3 Å². The van der Waals surface area contributed by atoms with E-state index in [1.807, 2.05) is 13.8 Å². The largest absolute Gasteiger partial charge is 0.495 e. The Morgan fingerprint density at radius 2 is 2.04 bits per heavy atom. The van der Waals surface area contributed by atoms with Crippen molar-refractivity contribution in [3.63, 3.8) is 0 Å². The Morgan fingerprint density at radius 1 is 1.26 bits per heavy atom. The van der Waals surface area contributed by atoms with Gasteiger partial charge in [-0.1, -0.05) is 5.16 Å². The maximum absolute atomic E-state index is 13.0. The summed E-state index contributed by atoms with van der Waals surface area (Å²) in [6.45, 7) is 5.49. The predicted molar refractivity (Wildman–Crippen MR) is 100 cm³/mol. The van der Waals surface area contributed by atoms with Gasteiger partial charge < -0.3 is 13.7 Å². The molecule has 2 heterocycles. The van der Waals surface area contributed by atoms with Crippen LogP contribution in [0.25, 0.3) is 11.3 Å². The van der Waals surface area contributed by atoms with E-state index in [0.29, 0.717) is 23.5 Å². The minimum Gasteiger partial charge on any atom is -0.495 e. The fourth-order valence-electron chi connectivity index (χ4n) is 2.81. The summed E-state index contributed by atoms with van der Waals surface area (Å²) < 4.78 is 44.5. The van der Waals surface area contributed by atoms with Crippen LogP contribution >= 0.6 is 0 Å². The molecule has 0 bridgehead atoms. The van der Waals surface area contributed by atoms with E-state index in [2.05, 4.69) is 9.88 Å². The molecule has 1 N–H and O–H groups in total. The molecule has 3 aromatic rings. The van der Waals surface area contributed by atoms with E-state index in [-0.39, 0.29) is 16.7 Å². The Balaban J connectivity index is 1.93. The molecule has 2 aromatic heterocycles. The number of methoxy groups -OCH3 is 1. The van der Waals surface area contributed by atoms with Crippen LogP contribution in [-0.4, -0.2) is 26.7 Å². The van der Waals surface area contributed by atoms with E-state index in [1.165, 1.54) is 13.2 Å². The van der Waals surface area contributed by atoms with Crippen molar-refractivity contribution in [2.24, 2.45) is 0 Å². The minimum atomic E-state index is -3.82. The molecule has 144 valence electrons. The highest BCUT2D eigenvalue weighted by Crippen LogP contribution is 2.32. The van der Waals surface area contributed by atoms with Gasteiger partial charge in [0.2, 0.25) is 10.0 Å². The second kappa shape index (κ2) is 7.58. The summed E-state index contributed by atoms with van der Waals surface area (Å²) in [6.07, 6.45) is 2.00. The second-order valence-electron chi connectivity index (χ2n) is 6.39. The van der Waals surface area contributed by atoms with Gasteiger partial charge in [0, 0.05) is 23.6 Å². The minimum absolute atomic E-state index is 0.0437. The molecule has 0 aliphatic rings. The molecular formula is C19H22N2O5S. The molecule has 0 aliphatic heterocycles. The number of aromatic nitrogens is 1. The van der Waals surface area contributed by atoms with Gasteiger partial charge in [-0.05, 0) is 51.1 Å². The lowest BCUT2D eigenvalue weighted by Crippen LogP contribution is -2.34. The number of hydrogen-bond donors (Lipinski definition) is 1. The molecular weight excluding hydrogens is 368 g/mol. The summed E-state index contributed by atoms with van der Waals surface area (Å²) in [5, 5.41) is 3.94. The van der Waals surface area contributed by atoms with Crippen LogP contribution < -0.4 is 9.46 Å². The second-order valence-corrected chi connectivity index (χ2v) is 8.08. The van der Waals surface area contributed by atoms with Crippen LogP contribution in [0.15, 0.2) is 50.4 Å². The van der Waals surface area contributed by atoms with Gasteiger partial charge in [-0.25, -0.2) is 13.1 Å². The Kier molecular flexibility index (Phi) is 5.38. The highest BCUT2D eigenvalue weighted by molar-refractivity contribution is 7.89. The zero-order valence-electron chi connectivity index (χ0n) is 15.6. The van der Waals surface area contributed by atoms with Gasteiger partial charge in [0.15, 0.2) is 5.76 Å². The van der Waals surface area contributed by atoms with Gasteiger partial charge in [0.1, 0.15) is 16.4 Å². The monoisotopic (exact) mass is 390 g/mol. The van der Waals surface area contributed by atoms with Crippen molar-refractivity contribution >= 4 is 10.0 Å². The summed E-state index contributed by atoms with van der Waals surface area (Å²) in [7, 11) is -2.39. The van der Waals surface area contributed by atoms with Crippen molar-refractivity contribution in [3.05, 3.63) is 53.6 Å². The van der Waals surface area contributed by atoms with Crippen molar-refractivity contribution in [2.75, 3.05) is 7.11 Å². The predicted octanol–water partition coefficient (Wildman–Crippen LogP) is 3.47. The Hall–Kier alpha value is -2.58. The molecule has 1 atom stereocenters. The van der Waals surface area contributed by atoms with Crippen LogP contribution in [0, 0.1) is 13.8 Å². The number of hydrogen-bond acceptors (Lipinski definition) is 6. The van der Waals surface area contributed by atoms with E-state index < -0.39 is 10.0 Å². The average molecular weight is 390 g/mol. The van der Waals surface area contributed by atoms with Crippen molar-refractivity contribution in [1.29, 1.82) is 0 Å². The highest BCUT2D eigenvalue weighted by atomic mass is 32.2. The fourth-order valence-corrected chi connectivity index (χ4v) is 4.25. The third-order valence-electron chi connectivity index (χ3n) is 4.32. The summed E-state index contributed by atoms with van der Waals surface area (Å²) >= 11 is 0. The molecule has 0 spiro atoms. The summed E-state index contributed by atoms with van der Waals surface area (Å²) in [6, 6.07) is 8.11. The smallest absolute Gasteiger partial charge is 0.244 e. The molecule has 0 amide bonds. The molecule has 1 aromatic carbocycles. The first-order valence-electron chi connectivity index (χ1n) is 8.48. The van der Waals surface area contributed by atoms with Crippen molar-refractivity contribution in [1.82, 2.24) is 9.88 Å². The Morgan fingerprint density at radius 3 is 2.63 bits per heavy atom. The lowest BCUT2D eigenvalue weighted by molar-refractivity contribution is 0.401. The normalized spacial score (nSPS) is 12.9. The fraction of sp³-hybridized carbons (Fsp3) is 0.316. The molecule has 1 unspecified atom stereocenters. The molecule has 3 rings (SSSR count). The number of nitrogens with zero attached hydrogens (tertiary/aromatic N) is 1. The SMILES string of the molecule is COc1ccc(-c2onc(C)c2C)cc1S(=O)(=O)NC(C)Cc1ccco1. The summed E-state index contributed by atoms with van der Waals surface area (Å²) in [5.41, 5.74) is 2.24. The van der Waals surface area contributed by atoms with Crippen LogP contribution in [0.4, 0.5) is 0 Å². The number of nitrogens with one attached hydrogen (secondary N) is 1. The number of aryl methyl sites for hydroxylation is 1. The van der Waals surface area contributed by atoms with Gasteiger partial charge in [0.05, 0.1) is 19.1 Å². The number of benzene rings is 1. The quantitative estimate of drug-likeness (QED) is 0.664. The highest BCUT2D eigenvalue weighted by Gasteiger charge is 2.24. The molecule has 7 nitrogen and oxygen atoms in total. The van der Waals surface area contributed by atoms with E-state index in [1.54, 1.807) is 37.5 Å². The third-order valence-corrected chi connectivity index (χ3v) is 5.93. The zero-order valence-corrected chi connectivity index (χ0v) is 16.5. The molecule has 0 saturated carbocycles. The number of sulfonamides is 1. The van der Waals surface area contributed by atoms with Gasteiger partial charge >= 0.3 is 0 Å². The van der Waals surface area contributed by atoms with Crippen LogP contribution in [0.3, 0.4) is 0 Å². The van der Waals surface area contributed by atoms with Crippen molar-refractivity contribution in [3.8, 4) is 17.1 Å². The van der Waals surface area contributed by atoms with Crippen LogP contribution in [-0.2, 0) is 16.4 Å². The Bertz CT molecular complexity index is 1020. The molecule has 0 aliphatic carbocycles. The van der Waals surface area contributed by atoms with Crippen molar-refractivity contribution < 1.29 is 22.1 Å². The first-order chi connectivity index (χ1) is 12.8.